The van der Waals surface area contributed by atoms with E-state index in [9.17, 15) is 19.7 Å². The van der Waals surface area contributed by atoms with Crippen LogP contribution in [0.4, 0.5) is 5.69 Å². The molecule has 154 valence electrons. The Hall–Kier alpha value is -3.60. The Bertz CT molecular complexity index is 1250. The molecule has 0 amide bonds. The fourth-order valence-electron chi connectivity index (χ4n) is 2.66. The average Bonchev–Trinajstić information content (AvgIpc) is 2.69. The number of halogens is 1. The van der Waals surface area contributed by atoms with Crippen LogP contribution in [0.2, 0.25) is 0 Å². The number of rotatable bonds is 6. The monoisotopic (exact) mass is 474 g/mol. The summed E-state index contributed by atoms with van der Waals surface area (Å²) in [5.41, 5.74) is -0.210. The highest BCUT2D eigenvalue weighted by Gasteiger charge is 2.23. The number of benzene rings is 2. The maximum atomic E-state index is 12.8. The topological polar surface area (TPSA) is 137 Å². The summed E-state index contributed by atoms with van der Waals surface area (Å²) in [7, 11) is 0. The third-order valence-electron chi connectivity index (χ3n) is 4.15. The molecule has 0 fully saturated rings. The molecule has 0 aliphatic heterocycles. The van der Waals surface area contributed by atoms with E-state index in [2.05, 4.69) is 26.0 Å². The van der Waals surface area contributed by atoms with Crippen LogP contribution in [0.3, 0.4) is 0 Å². The fraction of sp³-hybridized carbons (Fsp3) is 0.158. The number of hydrogen-bond acceptors (Lipinski definition) is 7. The highest BCUT2D eigenvalue weighted by atomic mass is 79.9. The normalized spacial score (nSPS) is 12.2. The Balaban J connectivity index is 2.12. The minimum Gasteiger partial charge on any atom is -0.479 e. The maximum Gasteiger partial charge on any atom is 0.344 e. The second kappa shape index (κ2) is 8.41. The Morgan fingerprint density at radius 3 is 2.80 bits per heavy atom. The molecule has 3 rings (SSSR count). The second-order valence-corrected chi connectivity index (χ2v) is 7.15. The minimum absolute atomic E-state index is 0.137. The molecular weight excluding hydrogens is 460 g/mol. The van der Waals surface area contributed by atoms with Gasteiger partial charge >= 0.3 is 11.7 Å². The number of ether oxygens (including phenoxy) is 1. The molecule has 1 atom stereocenters. The largest absolute Gasteiger partial charge is 0.479 e. The van der Waals surface area contributed by atoms with Crippen molar-refractivity contribution in [2.75, 3.05) is 0 Å². The summed E-state index contributed by atoms with van der Waals surface area (Å²) in [5, 5.41) is 24.9. The van der Waals surface area contributed by atoms with Gasteiger partial charge in [-0.1, -0.05) is 22.0 Å². The van der Waals surface area contributed by atoms with Crippen LogP contribution in [0.25, 0.3) is 10.9 Å². The Kier molecular flexibility index (Phi) is 5.92. The molecule has 1 aromatic heterocycles. The summed E-state index contributed by atoms with van der Waals surface area (Å²) in [6.45, 7) is 2.84. The molecule has 0 radical (unpaired) electrons. The fourth-order valence-corrected chi connectivity index (χ4v) is 3.02. The summed E-state index contributed by atoms with van der Waals surface area (Å²) in [6, 6.07) is 9.13. The van der Waals surface area contributed by atoms with Gasteiger partial charge in [0.25, 0.3) is 5.56 Å². The second-order valence-electron chi connectivity index (χ2n) is 6.23. The molecule has 1 N–H and O–H groups in total. The molecule has 10 nitrogen and oxygen atoms in total. The molecule has 0 unspecified atom stereocenters. The minimum atomic E-state index is -1.33. The van der Waals surface area contributed by atoms with Gasteiger partial charge in [-0.15, -0.1) is 0 Å². The van der Waals surface area contributed by atoms with E-state index in [0.29, 0.717) is 21.2 Å². The first-order chi connectivity index (χ1) is 14.2. The van der Waals surface area contributed by atoms with E-state index >= 15 is 0 Å². The van der Waals surface area contributed by atoms with Crippen molar-refractivity contribution in [3.05, 3.63) is 72.7 Å². The smallest absolute Gasteiger partial charge is 0.344 e. The van der Waals surface area contributed by atoms with Gasteiger partial charge in [0, 0.05) is 16.1 Å². The van der Waals surface area contributed by atoms with Gasteiger partial charge in [-0.05, 0) is 38.1 Å². The van der Waals surface area contributed by atoms with Gasteiger partial charge in [0.2, 0.25) is 5.75 Å². The van der Waals surface area contributed by atoms with E-state index in [0.717, 1.165) is 4.68 Å². The number of carbonyl (C=O) groups is 1. The number of fused-ring (bicyclic) bond motifs is 1. The van der Waals surface area contributed by atoms with E-state index in [1.165, 1.54) is 31.3 Å². The van der Waals surface area contributed by atoms with Crippen molar-refractivity contribution < 1.29 is 19.6 Å². The molecule has 1 heterocycles. The van der Waals surface area contributed by atoms with E-state index in [1.54, 1.807) is 25.1 Å². The molecule has 0 saturated heterocycles. The van der Waals surface area contributed by atoms with E-state index in [4.69, 9.17) is 9.84 Å². The first-order valence-corrected chi connectivity index (χ1v) is 9.38. The molecular formula is C19H15BrN4O6. The maximum absolute atomic E-state index is 12.8. The number of nitro benzene ring substituents is 1. The Morgan fingerprint density at radius 1 is 1.40 bits per heavy atom. The molecule has 2 aromatic carbocycles. The lowest BCUT2D eigenvalue weighted by Crippen LogP contribution is -2.24. The van der Waals surface area contributed by atoms with Crippen molar-refractivity contribution in [3.8, 4) is 5.75 Å². The number of aliphatic carboxylic acids is 1. The number of nitrogens with zero attached hydrogens (tertiary/aromatic N) is 4. The van der Waals surface area contributed by atoms with E-state index < -0.39 is 28.2 Å². The van der Waals surface area contributed by atoms with E-state index in [1.807, 2.05) is 0 Å². The van der Waals surface area contributed by atoms with Crippen LogP contribution < -0.4 is 10.3 Å². The van der Waals surface area contributed by atoms with Crippen molar-refractivity contribution >= 4 is 44.7 Å². The predicted octanol–water partition coefficient (Wildman–Crippen LogP) is 3.11. The lowest BCUT2D eigenvalue weighted by molar-refractivity contribution is -0.386. The van der Waals surface area contributed by atoms with Crippen LogP contribution in [0, 0.1) is 17.0 Å². The first-order valence-electron chi connectivity index (χ1n) is 8.59. The lowest BCUT2D eigenvalue weighted by Gasteiger charge is -2.13. The van der Waals surface area contributed by atoms with Gasteiger partial charge in [0.15, 0.2) is 6.10 Å². The van der Waals surface area contributed by atoms with Gasteiger partial charge in [-0.2, -0.15) is 9.78 Å². The van der Waals surface area contributed by atoms with Crippen molar-refractivity contribution in [2.45, 2.75) is 20.0 Å². The van der Waals surface area contributed by atoms with Gasteiger partial charge in [0.1, 0.15) is 5.82 Å². The highest BCUT2D eigenvalue weighted by Crippen LogP contribution is 2.31. The average molecular weight is 475 g/mol. The molecule has 0 aliphatic carbocycles. The zero-order chi connectivity index (χ0) is 22.0. The number of hydrogen-bond donors (Lipinski definition) is 1. The third kappa shape index (κ3) is 4.20. The van der Waals surface area contributed by atoms with Crippen LogP contribution in [-0.4, -0.2) is 38.0 Å². The summed E-state index contributed by atoms with van der Waals surface area (Å²) in [6.07, 6.45) is -0.140. The van der Waals surface area contributed by atoms with Crippen LogP contribution in [0.5, 0.6) is 5.75 Å². The third-order valence-corrected chi connectivity index (χ3v) is 4.64. The van der Waals surface area contributed by atoms with Gasteiger partial charge in [-0.3, -0.25) is 14.9 Å². The number of para-hydroxylation sites is 1. The summed E-state index contributed by atoms with van der Waals surface area (Å²) in [4.78, 5) is 39.0. The molecule has 0 saturated carbocycles. The van der Waals surface area contributed by atoms with Crippen molar-refractivity contribution in [2.24, 2.45) is 5.10 Å². The quantitative estimate of drug-likeness (QED) is 0.329. The van der Waals surface area contributed by atoms with Crippen LogP contribution in [-0.2, 0) is 4.79 Å². The molecule has 3 aromatic rings. The highest BCUT2D eigenvalue weighted by molar-refractivity contribution is 9.10. The van der Waals surface area contributed by atoms with Crippen molar-refractivity contribution in [1.29, 1.82) is 0 Å². The van der Waals surface area contributed by atoms with Crippen LogP contribution >= 0.6 is 15.9 Å². The number of carboxylic acids is 1. The SMILES string of the molecule is Cc1nc2ccc(Br)cc2c(=O)n1N=Cc1cccc([N+](=O)[O-])c1O[C@@H](C)C(=O)O. The summed E-state index contributed by atoms with van der Waals surface area (Å²) < 4.78 is 7.05. The molecule has 0 bridgehead atoms. The number of carboxylic acid groups (broad SMARTS) is 1. The van der Waals surface area contributed by atoms with Crippen LogP contribution in [0.15, 0.2) is 50.8 Å². The molecule has 0 spiro atoms. The predicted molar refractivity (Wildman–Crippen MR) is 112 cm³/mol. The van der Waals surface area contributed by atoms with Crippen molar-refractivity contribution in [3.63, 3.8) is 0 Å². The number of aromatic nitrogens is 2. The standard InChI is InChI=1S/C19H15BrN4O6/c1-10(19(26)27)30-17-12(4-3-5-16(17)24(28)29)9-21-23-11(2)22-15-7-6-13(20)8-14(15)18(23)25/h3-10H,1-2H3,(H,26,27)/t10-/m0/s1. The molecule has 0 aliphatic rings. The van der Waals surface area contributed by atoms with Gasteiger partial charge < -0.3 is 9.84 Å². The zero-order valence-corrected chi connectivity index (χ0v) is 17.4. The lowest BCUT2D eigenvalue weighted by atomic mass is 10.2. The number of aryl methyl sites for hydroxylation is 1. The van der Waals surface area contributed by atoms with Crippen molar-refractivity contribution in [1.82, 2.24) is 9.66 Å². The Labute approximate surface area is 177 Å². The van der Waals surface area contributed by atoms with E-state index in [-0.39, 0.29) is 11.3 Å². The zero-order valence-electron chi connectivity index (χ0n) is 15.8. The summed E-state index contributed by atoms with van der Waals surface area (Å²) in [5.74, 6) is -1.24. The molecule has 11 heteroatoms. The molecule has 30 heavy (non-hydrogen) atoms. The number of nitro groups is 1. The van der Waals surface area contributed by atoms with Gasteiger partial charge in [-0.25, -0.2) is 9.78 Å². The Morgan fingerprint density at radius 2 is 2.13 bits per heavy atom. The van der Waals surface area contributed by atoms with Crippen LogP contribution in [0.1, 0.15) is 18.3 Å². The van der Waals surface area contributed by atoms with Gasteiger partial charge in [0.05, 0.1) is 22.0 Å². The first kappa shape index (κ1) is 21.1. The summed E-state index contributed by atoms with van der Waals surface area (Å²) >= 11 is 3.31.